The highest BCUT2D eigenvalue weighted by atomic mass is 35.5. The quantitative estimate of drug-likeness (QED) is 0.290. The van der Waals surface area contributed by atoms with Crippen LogP contribution in [0, 0.1) is 0 Å². The van der Waals surface area contributed by atoms with Crippen molar-refractivity contribution in [3.63, 3.8) is 0 Å². The van der Waals surface area contributed by atoms with E-state index in [1.165, 1.54) is 77.0 Å². The molecule has 0 radical (unpaired) electrons. The Morgan fingerprint density at radius 1 is 0.727 bits per heavy atom. The molecule has 0 saturated heterocycles. The molecule has 0 aromatic carbocycles. The van der Waals surface area contributed by atoms with Crippen LogP contribution in [0.5, 0.6) is 0 Å². The van der Waals surface area contributed by atoms with Crippen LogP contribution in [-0.2, 0) is 0 Å². The number of hydrogen-bond donors (Lipinski definition) is 2. The Hall–Kier alpha value is 0.240. The van der Waals surface area contributed by atoms with Crippen molar-refractivity contribution in [3.05, 3.63) is 12.2 Å². The number of unbranched alkanes of at least 4 members (excludes halogenated alkanes) is 10. The Morgan fingerprint density at radius 2 is 1.18 bits per heavy atom. The minimum atomic E-state index is 0. The fourth-order valence-electron chi connectivity index (χ4n) is 2.42. The second kappa shape index (κ2) is 23.5. The third-order valence-corrected chi connectivity index (χ3v) is 3.89. The highest BCUT2D eigenvalue weighted by Crippen LogP contribution is 2.09. The van der Waals surface area contributed by atoms with Crippen molar-refractivity contribution in [2.45, 2.75) is 96.4 Å². The number of allylic oxidation sites excluding steroid dienone is 2. The summed E-state index contributed by atoms with van der Waals surface area (Å²) in [5.74, 6) is 0. The zero-order valence-corrected chi connectivity index (χ0v) is 16.2. The lowest BCUT2D eigenvalue weighted by Crippen LogP contribution is -2.29. The summed E-state index contributed by atoms with van der Waals surface area (Å²) in [5, 5.41) is 0. The van der Waals surface area contributed by atoms with Crippen LogP contribution in [0.3, 0.4) is 0 Å². The summed E-state index contributed by atoms with van der Waals surface area (Å²) in [6.45, 7) is 2.90. The van der Waals surface area contributed by atoms with Crippen LogP contribution in [0.1, 0.15) is 90.4 Å². The van der Waals surface area contributed by atoms with Gasteiger partial charge in [0.1, 0.15) is 0 Å². The summed E-state index contributed by atoms with van der Waals surface area (Å²) in [5.41, 5.74) is 11.3. The van der Waals surface area contributed by atoms with Crippen LogP contribution >= 0.6 is 24.8 Å². The molecule has 0 aliphatic rings. The third kappa shape index (κ3) is 22.5. The van der Waals surface area contributed by atoms with E-state index < -0.39 is 0 Å². The number of rotatable bonds is 15. The fraction of sp³-hybridized carbons (Fsp3) is 0.889. The first-order valence-corrected chi connectivity index (χ1v) is 8.92. The van der Waals surface area contributed by atoms with Crippen molar-refractivity contribution < 1.29 is 0 Å². The van der Waals surface area contributed by atoms with Gasteiger partial charge in [0.15, 0.2) is 0 Å². The fourth-order valence-corrected chi connectivity index (χ4v) is 2.42. The van der Waals surface area contributed by atoms with E-state index in [4.69, 9.17) is 11.5 Å². The third-order valence-electron chi connectivity index (χ3n) is 3.89. The molecule has 0 aliphatic carbocycles. The second-order valence-electron chi connectivity index (χ2n) is 6.02. The highest BCUT2D eigenvalue weighted by Gasteiger charge is 1.97. The molecule has 0 saturated carbocycles. The lowest BCUT2D eigenvalue weighted by atomic mass is 10.1. The van der Waals surface area contributed by atoms with Crippen LogP contribution in [0.15, 0.2) is 12.2 Å². The average molecular weight is 355 g/mol. The topological polar surface area (TPSA) is 52.0 Å². The van der Waals surface area contributed by atoms with E-state index >= 15 is 0 Å². The lowest BCUT2D eigenvalue weighted by molar-refractivity contribution is 0.548. The molecular weight excluding hydrogens is 315 g/mol. The molecule has 0 aliphatic heterocycles. The SMILES string of the molecule is CCCCCCCC/C=C\CCCCCC[C@@H](N)CN.Cl.Cl. The van der Waals surface area contributed by atoms with Gasteiger partial charge in [-0.1, -0.05) is 70.4 Å². The van der Waals surface area contributed by atoms with Gasteiger partial charge in [0.25, 0.3) is 0 Å². The summed E-state index contributed by atoms with van der Waals surface area (Å²) in [6, 6.07) is 0.215. The zero-order valence-electron chi connectivity index (χ0n) is 14.6. The molecule has 0 bridgehead atoms. The van der Waals surface area contributed by atoms with E-state index in [9.17, 15) is 0 Å². The molecule has 0 rings (SSSR count). The van der Waals surface area contributed by atoms with Gasteiger partial charge in [-0.3, -0.25) is 0 Å². The van der Waals surface area contributed by atoms with Crippen LogP contribution in [-0.4, -0.2) is 12.6 Å². The molecule has 22 heavy (non-hydrogen) atoms. The van der Waals surface area contributed by atoms with E-state index in [0.29, 0.717) is 6.54 Å². The standard InChI is InChI=1S/C18H38N2.2ClH/c1-2-3-4-5-6-7-8-9-10-11-12-13-14-15-16-18(20)17-19;;/h9-10,18H,2-8,11-17,19-20H2,1H3;2*1H/b10-9-;;/t18-;;/m1../s1. The number of halogens is 2. The van der Waals surface area contributed by atoms with Gasteiger partial charge in [-0.15, -0.1) is 24.8 Å². The lowest BCUT2D eigenvalue weighted by Gasteiger charge is -2.07. The Balaban J connectivity index is -0.00000180. The summed E-state index contributed by atoms with van der Waals surface area (Å²) < 4.78 is 0. The van der Waals surface area contributed by atoms with Gasteiger partial charge in [0.2, 0.25) is 0 Å². The van der Waals surface area contributed by atoms with E-state index in [-0.39, 0.29) is 30.9 Å². The second-order valence-corrected chi connectivity index (χ2v) is 6.02. The molecule has 136 valence electrons. The van der Waals surface area contributed by atoms with E-state index in [1.54, 1.807) is 0 Å². The smallest absolute Gasteiger partial charge is 0.0163 e. The van der Waals surface area contributed by atoms with Crippen molar-refractivity contribution in [1.82, 2.24) is 0 Å². The maximum atomic E-state index is 5.78. The Labute approximate surface area is 151 Å². The minimum absolute atomic E-state index is 0. The summed E-state index contributed by atoms with van der Waals surface area (Å²) in [6.07, 6.45) is 21.9. The molecule has 0 spiro atoms. The van der Waals surface area contributed by atoms with Gasteiger partial charge >= 0.3 is 0 Å². The summed E-state index contributed by atoms with van der Waals surface area (Å²) >= 11 is 0. The number of nitrogens with two attached hydrogens (primary N) is 2. The first-order valence-electron chi connectivity index (χ1n) is 8.92. The molecule has 1 atom stereocenters. The van der Waals surface area contributed by atoms with Gasteiger partial charge in [-0.2, -0.15) is 0 Å². The normalized spacial score (nSPS) is 12.0. The average Bonchev–Trinajstić information content (AvgIpc) is 2.47. The first-order chi connectivity index (χ1) is 9.81. The van der Waals surface area contributed by atoms with Crippen LogP contribution < -0.4 is 11.5 Å². The largest absolute Gasteiger partial charge is 0.329 e. The van der Waals surface area contributed by atoms with Crippen molar-refractivity contribution in [3.8, 4) is 0 Å². The molecule has 0 unspecified atom stereocenters. The van der Waals surface area contributed by atoms with E-state index in [2.05, 4.69) is 19.1 Å². The Kier molecular flexibility index (Phi) is 29.0. The molecule has 0 aromatic heterocycles. The molecule has 0 aromatic rings. The van der Waals surface area contributed by atoms with Crippen molar-refractivity contribution >= 4 is 24.8 Å². The van der Waals surface area contributed by atoms with Gasteiger partial charge in [-0.05, 0) is 32.1 Å². The van der Waals surface area contributed by atoms with Crippen molar-refractivity contribution in [1.29, 1.82) is 0 Å². The molecule has 2 nitrogen and oxygen atoms in total. The van der Waals surface area contributed by atoms with Crippen LogP contribution in [0.25, 0.3) is 0 Å². The predicted molar refractivity (Wildman–Crippen MR) is 106 cm³/mol. The monoisotopic (exact) mass is 354 g/mol. The van der Waals surface area contributed by atoms with Gasteiger partial charge in [-0.25, -0.2) is 0 Å². The maximum absolute atomic E-state index is 5.78. The summed E-state index contributed by atoms with van der Waals surface area (Å²) in [7, 11) is 0. The molecule has 0 amide bonds. The van der Waals surface area contributed by atoms with Crippen LogP contribution in [0.2, 0.25) is 0 Å². The van der Waals surface area contributed by atoms with E-state index in [1.807, 2.05) is 0 Å². The minimum Gasteiger partial charge on any atom is -0.329 e. The highest BCUT2D eigenvalue weighted by molar-refractivity contribution is 5.85. The summed E-state index contributed by atoms with van der Waals surface area (Å²) in [4.78, 5) is 0. The maximum Gasteiger partial charge on any atom is 0.0163 e. The molecule has 4 N–H and O–H groups in total. The molecule has 0 fully saturated rings. The molecule has 0 heterocycles. The van der Waals surface area contributed by atoms with E-state index in [0.717, 1.165) is 6.42 Å². The molecule has 4 heteroatoms. The van der Waals surface area contributed by atoms with Gasteiger partial charge in [0, 0.05) is 12.6 Å². The van der Waals surface area contributed by atoms with Gasteiger partial charge < -0.3 is 11.5 Å². The first kappa shape index (κ1) is 27.1. The van der Waals surface area contributed by atoms with Crippen LogP contribution in [0.4, 0.5) is 0 Å². The number of hydrogen-bond acceptors (Lipinski definition) is 2. The van der Waals surface area contributed by atoms with Crippen molar-refractivity contribution in [2.24, 2.45) is 11.5 Å². The van der Waals surface area contributed by atoms with Crippen molar-refractivity contribution in [2.75, 3.05) is 6.54 Å². The predicted octanol–water partition coefficient (Wildman–Crippen LogP) is 5.76. The molecular formula is C18H40Cl2N2. The Morgan fingerprint density at radius 3 is 1.68 bits per heavy atom. The Bertz CT molecular complexity index is 211. The van der Waals surface area contributed by atoms with Gasteiger partial charge in [0.05, 0.1) is 0 Å². The zero-order chi connectivity index (χ0) is 14.9.